The lowest BCUT2D eigenvalue weighted by atomic mass is 10.0. The number of amides is 1. The van der Waals surface area contributed by atoms with Crippen molar-refractivity contribution in [1.82, 2.24) is 9.88 Å². The number of hydrogen-bond acceptors (Lipinski definition) is 6. The number of carbonyl (C=O) groups excluding carboxylic acids is 1. The van der Waals surface area contributed by atoms with Crippen molar-refractivity contribution in [1.29, 1.82) is 0 Å². The standard InChI is InChI=1S/C23H21N3OS3/c1-26-12-11-16-19(13-26)30-23(25-21(27)14-7-9-15(28-2)10-8-14)20(16)22-24-17-5-3-4-6-18(17)29-22/h3-10H,11-13H2,1-2H3,(H,25,27). The summed E-state index contributed by atoms with van der Waals surface area (Å²) in [6, 6.07) is 16.0. The highest BCUT2D eigenvalue weighted by atomic mass is 32.2. The van der Waals surface area contributed by atoms with Gasteiger partial charge in [-0.3, -0.25) is 4.79 Å². The minimum atomic E-state index is -0.0723. The summed E-state index contributed by atoms with van der Waals surface area (Å²) in [6.45, 7) is 1.93. The van der Waals surface area contributed by atoms with Crippen LogP contribution in [0.25, 0.3) is 20.8 Å². The predicted octanol–water partition coefficient (Wildman–Crippen LogP) is 5.99. The quantitative estimate of drug-likeness (QED) is 0.387. The van der Waals surface area contributed by atoms with Crippen molar-refractivity contribution in [3.8, 4) is 10.6 Å². The Kier molecular flexibility index (Phi) is 5.37. The Morgan fingerprint density at radius 1 is 1.13 bits per heavy atom. The summed E-state index contributed by atoms with van der Waals surface area (Å²) < 4.78 is 1.17. The van der Waals surface area contributed by atoms with Crippen LogP contribution in [-0.4, -0.2) is 35.6 Å². The van der Waals surface area contributed by atoms with Gasteiger partial charge in [0, 0.05) is 34.0 Å². The average molecular weight is 452 g/mol. The van der Waals surface area contributed by atoms with Crippen LogP contribution in [0.5, 0.6) is 0 Å². The number of thiazole rings is 1. The maximum absolute atomic E-state index is 13.0. The summed E-state index contributed by atoms with van der Waals surface area (Å²) in [4.78, 5) is 22.7. The summed E-state index contributed by atoms with van der Waals surface area (Å²) in [6.07, 6.45) is 3.01. The van der Waals surface area contributed by atoms with Crippen molar-refractivity contribution < 1.29 is 4.79 Å². The number of hydrogen-bond donors (Lipinski definition) is 1. The molecular formula is C23H21N3OS3. The van der Waals surface area contributed by atoms with Crippen LogP contribution in [0.1, 0.15) is 20.8 Å². The Hall–Kier alpha value is -2.19. The monoisotopic (exact) mass is 451 g/mol. The molecule has 5 rings (SSSR count). The number of nitrogens with one attached hydrogen (secondary N) is 1. The molecule has 0 spiro atoms. The Morgan fingerprint density at radius 3 is 2.70 bits per heavy atom. The van der Waals surface area contributed by atoms with Crippen LogP contribution in [0.4, 0.5) is 5.00 Å². The highest BCUT2D eigenvalue weighted by Gasteiger charge is 2.26. The molecule has 1 N–H and O–H groups in total. The topological polar surface area (TPSA) is 45.2 Å². The fourth-order valence-corrected chi connectivity index (χ4v) is 6.58. The molecule has 0 bridgehead atoms. The zero-order valence-electron chi connectivity index (χ0n) is 16.8. The molecule has 1 aliphatic heterocycles. The summed E-state index contributed by atoms with van der Waals surface area (Å²) in [5.41, 5.74) is 4.13. The van der Waals surface area contributed by atoms with Crippen molar-refractivity contribution in [3.63, 3.8) is 0 Å². The van der Waals surface area contributed by atoms with E-state index in [2.05, 4.69) is 23.3 Å². The molecule has 2 aromatic carbocycles. The van der Waals surface area contributed by atoms with E-state index in [1.54, 1.807) is 34.4 Å². The molecule has 1 amide bonds. The van der Waals surface area contributed by atoms with Crippen LogP contribution in [0.2, 0.25) is 0 Å². The van der Waals surface area contributed by atoms with Gasteiger partial charge in [-0.2, -0.15) is 0 Å². The first-order valence-corrected chi connectivity index (χ1v) is 12.6. The third kappa shape index (κ3) is 3.67. The highest BCUT2D eigenvalue weighted by molar-refractivity contribution is 7.98. The van der Waals surface area contributed by atoms with E-state index in [9.17, 15) is 4.79 Å². The molecule has 152 valence electrons. The van der Waals surface area contributed by atoms with Crippen LogP contribution in [0, 0.1) is 0 Å². The molecule has 0 atom stereocenters. The first kappa shape index (κ1) is 19.8. The van der Waals surface area contributed by atoms with E-state index in [-0.39, 0.29) is 5.91 Å². The number of rotatable bonds is 4. The second-order valence-corrected chi connectivity index (χ2v) is 10.4. The van der Waals surface area contributed by atoms with Gasteiger partial charge in [0.25, 0.3) is 5.91 Å². The molecule has 0 unspecified atom stereocenters. The molecule has 30 heavy (non-hydrogen) atoms. The van der Waals surface area contributed by atoms with E-state index in [1.807, 2.05) is 48.7 Å². The van der Waals surface area contributed by atoms with Gasteiger partial charge in [0.05, 0.1) is 10.2 Å². The van der Waals surface area contributed by atoms with Crippen molar-refractivity contribution in [2.45, 2.75) is 17.9 Å². The molecule has 4 aromatic rings. The van der Waals surface area contributed by atoms with Gasteiger partial charge in [-0.05, 0) is 61.7 Å². The van der Waals surface area contributed by atoms with Gasteiger partial charge in [-0.1, -0.05) is 12.1 Å². The van der Waals surface area contributed by atoms with Gasteiger partial charge in [-0.15, -0.1) is 34.4 Å². The lowest BCUT2D eigenvalue weighted by Gasteiger charge is -2.22. The van der Waals surface area contributed by atoms with Gasteiger partial charge < -0.3 is 10.2 Å². The Bertz CT molecular complexity index is 1190. The van der Waals surface area contributed by atoms with Crippen molar-refractivity contribution in [2.75, 3.05) is 25.2 Å². The van der Waals surface area contributed by atoms with E-state index < -0.39 is 0 Å². The van der Waals surface area contributed by atoms with Gasteiger partial charge in [0.1, 0.15) is 10.0 Å². The zero-order chi connectivity index (χ0) is 20.7. The normalized spacial score (nSPS) is 14.1. The maximum Gasteiger partial charge on any atom is 0.256 e. The number of carbonyl (C=O) groups is 1. The molecule has 1 aliphatic rings. The van der Waals surface area contributed by atoms with Gasteiger partial charge in [-0.25, -0.2) is 4.98 Å². The Balaban J connectivity index is 1.56. The Labute approximate surface area is 188 Å². The molecular weight excluding hydrogens is 430 g/mol. The van der Waals surface area contributed by atoms with Crippen molar-refractivity contribution in [2.24, 2.45) is 0 Å². The second kappa shape index (κ2) is 8.15. The molecule has 0 aliphatic carbocycles. The van der Waals surface area contributed by atoms with Crippen molar-refractivity contribution >= 4 is 55.6 Å². The van der Waals surface area contributed by atoms with E-state index in [1.165, 1.54) is 15.1 Å². The average Bonchev–Trinajstić information content (AvgIpc) is 3.33. The summed E-state index contributed by atoms with van der Waals surface area (Å²) in [5.74, 6) is -0.0723. The predicted molar refractivity (Wildman–Crippen MR) is 129 cm³/mol. The van der Waals surface area contributed by atoms with Gasteiger partial charge in [0.2, 0.25) is 0 Å². The van der Waals surface area contributed by atoms with Crippen LogP contribution < -0.4 is 5.32 Å². The minimum absolute atomic E-state index is 0.0723. The Morgan fingerprint density at radius 2 is 1.93 bits per heavy atom. The number of thioether (sulfide) groups is 1. The first-order chi connectivity index (χ1) is 14.6. The van der Waals surface area contributed by atoms with Crippen LogP contribution in [0.3, 0.4) is 0 Å². The fourth-order valence-electron chi connectivity index (χ4n) is 3.74. The van der Waals surface area contributed by atoms with Crippen LogP contribution >= 0.6 is 34.4 Å². The number of anilines is 1. The maximum atomic E-state index is 13.0. The number of fused-ring (bicyclic) bond motifs is 2. The zero-order valence-corrected chi connectivity index (χ0v) is 19.2. The summed E-state index contributed by atoms with van der Waals surface area (Å²) >= 11 is 5.06. The van der Waals surface area contributed by atoms with E-state index in [0.717, 1.165) is 45.5 Å². The molecule has 0 radical (unpaired) electrons. The summed E-state index contributed by atoms with van der Waals surface area (Å²) in [7, 11) is 2.14. The van der Waals surface area contributed by atoms with Gasteiger partial charge in [0.15, 0.2) is 0 Å². The van der Waals surface area contributed by atoms with E-state index >= 15 is 0 Å². The van der Waals surface area contributed by atoms with E-state index in [0.29, 0.717) is 5.56 Å². The molecule has 7 heteroatoms. The highest BCUT2D eigenvalue weighted by Crippen LogP contribution is 2.45. The van der Waals surface area contributed by atoms with Gasteiger partial charge >= 0.3 is 0 Å². The molecule has 0 saturated heterocycles. The number of thiophene rings is 1. The largest absolute Gasteiger partial charge is 0.313 e. The van der Waals surface area contributed by atoms with E-state index in [4.69, 9.17) is 4.98 Å². The number of para-hydroxylation sites is 1. The smallest absolute Gasteiger partial charge is 0.256 e. The molecule has 0 saturated carbocycles. The number of benzene rings is 2. The van der Waals surface area contributed by atoms with Crippen molar-refractivity contribution in [3.05, 3.63) is 64.5 Å². The SMILES string of the molecule is CSc1ccc(C(=O)Nc2sc3c(c2-c2nc4ccccc4s2)CCN(C)C3)cc1. The minimum Gasteiger partial charge on any atom is -0.313 e. The third-order valence-electron chi connectivity index (χ3n) is 5.33. The second-order valence-electron chi connectivity index (χ2n) is 7.37. The van der Waals surface area contributed by atoms with Crippen LogP contribution in [0.15, 0.2) is 53.4 Å². The number of aromatic nitrogens is 1. The molecule has 0 fully saturated rings. The lowest BCUT2D eigenvalue weighted by Crippen LogP contribution is -2.25. The lowest BCUT2D eigenvalue weighted by molar-refractivity contribution is 0.102. The summed E-state index contributed by atoms with van der Waals surface area (Å²) in [5, 5.41) is 5.10. The number of nitrogens with zero attached hydrogens (tertiary/aromatic N) is 2. The first-order valence-electron chi connectivity index (χ1n) is 9.77. The number of likely N-dealkylation sites (N-methyl/N-ethyl adjacent to an activating group) is 1. The fraction of sp³-hybridized carbons (Fsp3) is 0.217. The molecule has 4 nitrogen and oxygen atoms in total. The third-order valence-corrected chi connectivity index (χ3v) is 8.26. The molecule has 3 heterocycles. The van der Waals surface area contributed by atoms with Crippen LogP contribution in [-0.2, 0) is 13.0 Å². The molecule has 2 aromatic heterocycles.